The maximum atomic E-state index is 10.4. The number of nitrogens with one attached hydrogen (secondary N) is 2. The van der Waals surface area contributed by atoms with Gasteiger partial charge in [-0.25, -0.2) is 0 Å². The average molecular weight is 423 g/mol. The Morgan fingerprint density at radius 3 is 2.23 bits per heavy atom. The van der Waals surface area contributed by atoms with Crippen molar-refractivity contribution in [2.24, 2.45) is 0 Å². The van der Waals surface area contributed by atoms with Crippen LogP contribution in [-0.2, 0) is 6.42 Å². The lowest BCUT2D eigenvalue weighted by atomic mass is 10.0. The van der Waals surface area contributed by atoms with Crippen LogP contribution in [-0.4, -0.2) is 40.1 Å². The van der Waals surface area contributed by atoms with Crippen molar-refractivity contribution in [2.75, 3.05) is 25.0 Å². The molecule has 0 fully saturated rings. The summed E-state index contributed by atoms with van der Waals surface area (Å²) in [6.07, 6.45) is -0.524. The fourth-order valence-electron chi connectivity index (χ4n) is 3.44. The van der Waals surface area contributed by atoms with E-state index in [1.54, 1.807) is 13.0 Å². The molecule has 31 heavy (non-hydrogen) atoms. The van der Waals surface area contributed by atoms with E-state index in [0.717, 1.165) is 23.2 Å². The molecule has 0 saturated heterocycles. The summed E-state index contributed by atoms with van der Waals surface area (Å²) in [5.74, 6) is -0.379. The summed E-state index contributed by atoms with van der Waals surface area (Å²) in [4.78, 5) is 0. The molecule has 0 amide bonds. The van der Waals surface area contributed by atoms with Crippen LogP contribution in [0.2, 0.25) is 0 Å². The number of rotatable bonds is 10. The van der Waals surface area contributed by atoms with Gasteiger partial charge in [0.2, 0.25) is 0 Å². The number of phenolic OH excluding ortho intramolecular Hbond substituents is 2. The normalized spacial score (nSPS) is 13.0. The SMILES string of the molecule is Cc1c(C(O)CNCCc2ccc(NCC(O)c3ccccc3)cc2)ccc(O)c1O. The number of hydrogen-bond acceptors (Lipinski definition) is 6. The van der Waals surface area contributed by atoms with Crippen molar-refractivity contribution in [3.63, 3.8) is 0 Å². The van der Waals surface area contributed by atoms with Crippen LogP contribution in [0.5, 0.6) is 11.5 Å². The highest BCUT2D eigenvalue weighted by atomic mass is 16.3. The van der Waals surface area contributed by atoms with E-state index in [-0.39, 0.29) is 11.5 Å². The van der Waals surface area contributed by atoms with Gasteiger partial charge in [-0.15, -0.1) is 0 Å². The van der Waals surface area contributed by atoms with Gasteiger partial charge < -0.3 is 31.1 Å². The zero-order valence-electron chi connectivity index (χ0n) is 17.6. The lowest BCUT2D eigenvalue weighted by Gasteiger charge is -2.16. The van der Waals surface area contributed by atoms with Crippen LogP contribution in [0.3, 0.4) is 0 Å². The van der Waals surface area contributed by atoms with Crippen LogP contribution in [0.1, 0.15) is 34.5 Å². The molecule has 3 rings (SSSR count). The third kappa shape index (κ3) is 6.21. The van der Waals surface area contributed by atoms with E-state index in [9.17, 15) is 20.4 Å². The highest BCUT2D eigenvalue weighted by Gasteiger charge is 2.14. The third-order valence-corrected chi connectivity index (χ3v) is 5.38. The number of anilines is 1. The molecule has 0 saturated carbocycles. The van der Waals surface area contributed by atoms with E-state index in [4.69, 9.17) is 0 Å². The Balaban J connectivity index is 1.41. The summed E-state index contributed by atoms with van der Waals surface area (Å²) in [6.45, 7) is 3.15. The van der Waals surface area contributed by atoms with Crippen molar-refractivity contribution >= 4 is 5.69 Å². The molecule has 3 aromatic carbocycles. The molecule has 6 nitrogen and oxygen atoms in total. The predicted octanol–water partition coefficient (Wildman–Crippen LogP) is 3.42. The fraction of sp³-hybridized carbons (Fsp3) is 0.280. The summed E-state index contributed by atoms with van der Waals surface area (Å²) in [5.41, 5.74) is 4.07. The Labute approximate surface area is 182 Å². The van der Waals surface area contributed by atoms with E-state index in [1.807, 2.05) is 54.6 Å². The van der Waals surface area contributed by atoms with Crippen molar-refractivity contribution in [1.29, 1.82) is 0 Å². The molecule has 164 valence electrons. The summed E-state index contributed by atoms with van der Waals surface area (Å²) in [5, 5.41) is 46.4. The van der Waals surface area contributed by atoms with Crippen LogP contribution < -0.4 is 10.6 Å². The maximum Gasteiger partial charge on any atom is 0.160 e. The Morgan fingerprint density at radius 1 is 0.806 bits per heavy atom. The number of benzene rings is 3. The van der Waals surface area contributed by atoms with Crippen LogP contribution in [0.25, 0.3) is 0 Å². The minimum atomic E-state index is -0.769. The van der Waals surface area contributed by atoms with Crippen LogP contribution in [0.15, 0.2) is 66.7 Å². The Hall–Kier alpha value is -3.06. The second-order valence-electron chi connectivity index (χ2n) is 7.62. The first-order valence-corrected chi connectivity index (χ1v) is 10.4. The molecule has 2 atom stereocenters. The molecule has 0 heterocycles. The molecule has 6 N–H and O–H groups in total. The number of hydrogen-bond donors (Lipinski definition) is 6. The maximum absolute atomic E-state index is 10.4. The fourth-order valence-corrected chi connectivity index (χ4v) is 3.44. The molecular formula is C25H30N2O4. The average Bonchev–Trinajstić information content (AvgIpc) is 2.80. The van der Waals surface area contributed by atoms with Gasteiger partial charge >= 0.3 is 0 Å². The van der Waals surface area contributed by atoms with Gasteiger partial charge in [0, 0.05) is 24.3 Å². The molecule has 0 bridgehead atoms. The van der Waals surface area contributed by atoms with E-state index in [1.165, 1.54) is 6.07 Å². The summed E-state index contributed by atoms with van der Waals surface area (Å²) < 4.78 is 0. The molecule has 2 unspecified atom stereocenters. The standard InChI is InChI=1S/C25H30N2O4/c1-17-21(11-12-22(28)25(17)31)24(30)15-26-14-13-18-7-9-20(10-8-18)27-16-23(29)19-5-3-2-4-6-19/h2-12,23-24,26-31H,13-16H2,1H3. The van der Waals surface area contributed by atoms with Crippen molar-refractivity contribution in [3.8, 4) is 11.5 Å². The first kappa shape index (κ1) is 22.6. The predicted molar refractivity (Wildman–Crippen MR) is 122 cm³/mol. The smallest absolute Gasteiger partial charge is 0.160 e. The van der Waals surface area contributed by atoms with Gasteiger partial charge in [0.05, 0.1) is 12.2 Å². The first-order chi connectivity index (χ1) is 15.0. The van der Waals surface area contributed by atoms with E-state index in [0.29, 0.717) is 30.8 Å². The molecule has 3 aromatic rings. The second kappa shape index (κ2) is 10.8. The zero-order valence-corrected chi connectivity index (χ0v) is 17.6. The van der Waals surface area contributed by atoms with Gasteiger partial charge in [0.25, 0.3) is 0 Å². The van der Waals surface area contributed by atoms with E-state index < -0.39 is 12.2 Å². The Bertz CT molecular complexity index is 961. The first-order valence-electron chi connectivity index (χ1n) is 10.4. The second-order valence-corrected chi connectivity index (χ2v) is 7.62. The largest absolute Gasteiger partial charge is 0.504 e. The quantitative estimate of drug-likeness (QED) is 0.221. The van der Waals surface area contributed by atoms with Crippen LogP contribution >= 0.6 is 0 Å². The van der Waals surface area contributed by atoms with Gasteiger partial charge in [-0.2, -0.15) is 0 Å². The van der Waals surface area contributed by atoms with Crippen LogP contribution in [0, 0.1) is 6.92 Å². The number of aliphatic hydroxyl groups excluding tert-OH is 2. The highest BCUT2D eigenvalue weighted by Crippen LogP contribution is 2.33. The lowest BCUT2D eigenvalue weighted by Crippen LogP contribution is -2.24. The molecule has 0 aromatic heterocycles. The Kier molecular flexibility index (Phi) is 7.89. The van der Waals surface area contributed by atoms with Gasteiger partial charge in [-0.1, -0.05) is 48.5 Å². The number of aromatic hydroxyl groups is 2. The molecule has 0 aliphatic carbocycles. The molecule has 0 aliphatic heterocycles. The number of aliphatic hydroxyl groups is 2. The molecule has 6 heteroatoms. The monoisotopic (exact) mass is 422 g/mol. The van der Waals surface area contributed by atoms with Crippen molar-refractivity contribution in [1.82, 2.24) is 5.32 Å². The van der Waals surface area contributed by atoms with Crippen molar-refractivity contribution < 1.29 is 20.4 Å². The highest BCUT2D eigenvalue weighted by molar-refractivity contribution is 5.49. The van der Waals surface area contributed by atoms with E-state index in [2.05, 4.69) is 10.6 Å². The molecule has 0 aliphatic rings. The molecular weight excluding hydrogens is 392 g/mol. The van der Waals surface area contributed by atoms with E-state index >= 15 is 0 Å². The summed E-state index contributed by atoms with van der Waals surface area (Å²) in [6, 6.07) is 20.6. The summed E-state index contributed by atoms with van der Waals surface area (Å²) >= 11 is 0. The minimum Gasteiger partial charge on any atom is -0.504 e. The van der Waals surface area contributed by atoms with Crippen molar-refractivity contribution in [2.45, 2.75) is 25.6 Å². The van der Waals surface area contributed by atoms with Gasteiger partial charge in [-0.3, -0.25) is 0 Å². The number of phenols is 2. The minimum absolute atomic E-state index is 0.186. The lowest BCUT2D eigenvalue weighted by molar-refractivity contribution is 0.174. The summed E-state index contributed by atoms with van der Waals surface area (Å²) in [7, 11) is 0. The topological polar surface area (TPSA) is 105 Å². The third-order valence-electron chi connectivity index (χ3n) is 5.38. The van der Waals surface area contributed by atoms with Gasteiger partial charge in [0.1, 0.15) is 0 Å². The molecule has 0 radical (unpaired) electrons. The van der Waals surface area contributed by atoms with Crippen molar-refractivity contribution in [3.05, 3.63) is 89.0 Å². The van der Waals surface area contributed by atoms with Gasteiger partial charge in [-0.05, 0) is 54.8 Å². The van der Waals surface area contributed by atoms with Crippen LogP contribution in [0.4, 0.5) is 5.69 Å². The molecule has 0 spiro atoms. The zero-order chi connectivity index (χ0) is 22.2. The van der Waals surface area contributed by atoms with Gasteiger partial charge in [0.15, 0.2) is 11.5 Å². The Morgan fingerprint density at radius 2 is 1.52 bits per heavy atom.